The van der Waals surface area contributed by atoms with Crippen LogP contribution >= 0.6 is 0 Å². The second-order valence-electron chi connectivity index (χ2n) is 4.03. The molecule has 88 valence electrons. The van der Waals surface area contributed by atoms with Gasteiger partial charge in [0.05, 0.1) is 6.10 Å². The van der Waals surface area contributed by atoms with Crippen molar-refractivity contribution in [3.63, 3.8) is 0 Å². The van der Waals surface area contributed by atoms with Gasteiger partial charge in [0.1, 0.15) is 0 Å². The summed E-state index contributed by atoms with van der Waals surface area (Å²) in [6.07, 6.45) is -0.423. The lowest BCUT2D eigenvalue weighted by molar-refractivity contribution is 0.0822. The topological polar surface area (TPSA) is 55.6 Å². The molecule has 1 rings (SSSR count). The highest BCUT2D eigenvalue weighted by atomic mass is 16.6. The molecule has 0 spiro atoms. The van der Waals surface area contributed by atoms with Crippen molar-refractivity contribution in [2.45, 2.75) is 26.5 Å². The first-order chi connectivity index (χ1) is 7.49. The van der Waals surface area contributed by atoms with E-state index in [-0.39, 0.29) is 12.2 Å². The predicted octanol–water partition coefficient (Wildman–Crippen LogP) is 2.25. The smallest absolute Gasteiger partial charge is 0.410 e. The minimum Gasteiger partial charge on any atom is -0.447 e. The van der Waals surface area contributed by atoms with E-state index in [1.54, 1.807) is 7.05 Å². The number of nitrogen functional groups attached to an aromatic ring is 1. The average Bonchev–Trinajstić information content (AvgIpc) is 2.16. The lowest BCUT2D eigenvalue weighted by Crippen LogP contribution is -2.29. The fourth-order valence-electron chi connectivity index (χ4n) is 1.32. The zero-order valence-electron chi connectivity index (χ0n) is 9.93. The van der Waals surface area contributed by atoms with Crippen molar-refractivity contribution in [2.75, 3.05) is 12.8 Å². The third-order valence-electron chi connectivity index (χ3n) is 2.02. The molecule has 0 aliphatic carbocycles. The van der Waals surface area contributed by atoms with Crippen molar-refractivity contribution in [3.8, 4) is 0 Å². The van der Waals surface area contributed by atoms with Crippen LogP contribution in [0.25, 0.3) is 0 Å². The summed E-state index contributed by atoms with van der Waals surface area (Å²) in [5.41, 5.74) is 7.34. The summed E-state index contributed by atoms with van der Waals surface area (Å²) in [5, 5.41) is 0. The summed E-state index contributed by atoms with van der Waals surface area (Å²) in [6, 6.07) is 7.46. The zero-order chi connectivity index (χ0) is 12.1. The van der Waals surface area contributed by atoms with E-state index in [4.69, 9.17) is 10.5 Å². The number of hydrogen-bond acceptors (Lipinski definition) is 3. The maximum absolute atomic E-state index is 11.5. The number of nitrogens with zero attached hydrogens (tertiary/aromatic N) is 1. The molecule has 1 aromatic rings. The van der Waals surface area contributed by atoms with Gasteiger partial charge in [-0.1, -0.05) is 12.1 Å². The molecule has 0 atom stereocenters. The van der Waals surface area contributed by atoms with Crippen molar-refractivity contribution in [1.82, 2.24) is 4.90 Å². The maximum Gasteiger partial charge on any atom is 0.410 e. The van der Waals surface area contributed by atoms with Crippen molar-refractivity contribution in [2.24, 2.45) is 0 Å². The zero-order valence-corrected chi connectivity index (χ0v) is 9.93. The van der Waals surface area contributed by atoms with Gasteiger partial charge in [-0.3, -0.25) is 0 Å². The third kappa shape index (κ3) is 3.81. The van der Waals surface area contributed by atoms with Gasteiger partial charge in [0.2, 0.25) is 0 Å². The molecule has 0 fully saturated rings. The molecule has 0 radical (unpaired) electrons. The number of ether oxygens (including phenoxy) is 1. The highest BCUT2D eigenvalue weighted by Crippen LogP contribution is 2.09. The number of benzene rings is 1. The molecule has 0 saturated heterocycles. The summed E-state index contributed by atoms with van der Waals surface area (Å²) in [5.74, 6) is 0. The van der Waals surface area contributed by atoms with E-state index in [0.717, 1.165) is 5.56 Å². The molecule has 0 saturated carbocycles. The second-order valence-corrected chi connectivity index (χ2v) is 4.03. The van der Waals surface area contributed by atoms with Gasteiger partial charge >= 0.3 is 6.09 Å². The molecule has 0 heterocycles. The lowest BCUT2D eigenvalue weighted by Gasteiger charge is -2.18. The molecule has 2 N–H and O–H groups in total. The molecule has 0 aromatic heterocycles. The molecule has 1 aromatic carbocycles. The Labute approximate surface area is 96.0 Å². The van der Waals surface area contributed by atoms with E-state index in [0.29, 0.717) is 12.2 Å². The number of carbonyl (C=O) groups is 1. The normalized spacial score (nSPS) is 10.2. The fourth-order valence-corrected chi connectivity index (χ4v) is 1.32. The number of amides is 1. The summed E-state index contributed by atoms with van der Waals surface area (Å²) in [4.78, 5) is 13.0. The van der Waals surface area contributed by atoms with E-state index < -0.39 is 0 Å². The van der Waals surface area contributed by atoms with Crippen LogP contribution < -0.4 is 5.73 Å². The summed E-state index contributed by atoms with van der Waals surface area (Å²) < 4.78 is 5.07. The summed E-state index contributed by atoms with van der Waals surface area (Å²) in [7, 11) is 1.70. The van der Waals surface area contributed by atoms with Crippen LogP contribution in [0.1, 0.15) is 19.4 Å². The first-order valence-corrected chi connectivity index (χ1v) is 5.25. The van der Waals surface area contributed by atoms with Crippen LogP contribution in [-0.2, 0) is 11.3 Å². The van der Waals surface area contributed by atoms with Gasteiger partial charge in [-0.15, -0.1) is 0 Å². The van der Waals surface area contributed by atoms with Gasteiger partial charge in [-0.25, -0.2) is 4.79 Å². The highest BCUT2D eigenvalue weighted by molar-refractivity contribution is 5.67. The molecule has 16 heavy (non-hydrogen) atoms. The number of carbonyl (C=O) groups excluding carboxylic acids is 1. The van der Waals surface area contributed by atoms with Crippen molar-refractivity contribution in [3.05, 3.63) is 29.8 Å². The number of anilines is 1. The Kier molecular flexibility index (Phi) is 4.17. The van der Waals surface area contributed by atoms with E-state index in [2.05, 4.69) is 0 Å². The predicted molar refractivity (Wildman–Crippen MR) is 63.9 cm³/mol. The maximum atomic E-state index is 11.5. The molecule has 0 bridgehead atoms. The highest BCUT2D eigenvalue weighted by Gasteiger charge is 2.11. The molecular formula is C12H18N2O2. The quantitative estimate of drug-likeness (QED) is 0.798. The fraction of sp³-hybridized carbons (Fsp3) is 0.417. The average molecular weight is 222 g/mol. The summed E-state index contributed by atoms with van der Waals surface area (Å²) in [6.45, 7) is 4.15. The van der Waals surface area contributed by atoms with Crippen LogP contribution in [0.2, 0.25) is 0 Å². The van der Waals surface area contributed by atoms with Gasteiger partial charge in [-0.2, -0.15) is 0 Å². The number of hydrogen-bond donors (Lipinski definition) is 1. The SMILES string of the molecule is CC(C)OC(=O)N(C)Cc1cccc(N)c1. The van der Waals surface area contributed by atoms with Crippen molar-refractivity contribution < 1.29 is 9.53 Å². The van der Waals surface area contributed by atoms with Gasteiger partial charge in [-0.05, 0) is 31.5 Å². The Morgan fingerprint density at radius 3 is 2.75 bits per heavy atom. The van der Waals surface area contributed by atoms with Gasteiger partial charge in [0, 0.05) is 19.3 Å². The minimum absolute atomic E-state index is 0.101. The van der Waals surface area contributed by atoms with Crippen molar-refractivity contribution >= 4 is 11.8 Å². The third-order valence-corrected chi connectivity index (χ3v) is 2.02. The lowest BCUT2D eigenvalue weighted by atomic mass is 10.2. The Morgan fingerprint density at radius 1 is 1.50 bits per heavy atom. The molecular weight excluding hydrogens is 204 g/mol. The van der Waals surface area contributed by atoms with E-state index in [1.807, 2.05) is 38.1 Å². The Bertz CT molecular complexity index is 364. The standard InChI is InChI=1S/C12H18N2O2/c1-9(2)16-12(15)14(3)8-10-5-4-6-11(13)7-10/h4-7,9H,8,13H2,1-3H3. The van der Waals surface area contributed by atoms with Gasteiger partial charge in [0.25, 0.3) is 0 Å². The van der Waals surface area contributed by atoms with Gasteiger partial charge < -0.3 is 15.4 Å². The number of nitrogens with two attached hydrogens (primary N) is 1. The second kappa shape index (κ2) is 5.39. The molecule has 0 aliphatic rings. The largest absolute Gasteiger partial charge is 0.447 e. The molecule has 0 aliphatic heterocycles. The van der Waals surface area contributed by atoms with Gasteiger partial charge in [0.15, 0.2) is 0 Å². The molecule has 0 unspecified atom stereocenters. The van der Waals surface area contributed by atoms with Crippen LogP contribution in [0, 0.1) is 0 Å². The molecule has 1 amide bonds. The van der Waals surface area contributed by atoms with Crippen LogP contribution in [0.15, 0.2) is 24.3 Å². The van der Waals surface area contributed by atoms with E-state index >= 15 is 0 Å². The Balaban J connectivity index is 2.57. The summed E-state index contributed by atoms with van der Waals surface area (Å²) >= 11 is 0. The van der Waals surface area contributed by atoms with Crippen LogP contribution in [0.3, 0.4) is 0 Å². The van der Waals surface area contributed by atoms with Crippen molar-refractivity contribution in [1.29, 1.82) is 0 Å². The Morgan fingerprint density at radius 2 is 2.19 bits per heavy atom. The van der Waals surface area contributed by atoms with E-state index in [1.165, 1.54) is 4.90 Å². The van der Waals surface area contributed by atoms with Crippen LogP contribution in [0.4, 0.5) is 10.5 Å². The molecule has 4 nitrogen and oxygen atoms in total. The van der Waals surface area contributed by atoms with Crippen LogP contribution in [-0.4, -0.2) is 24.1 Å². The number of rotatable bonds is 3. The first kappa shape index (κ1) is 12.4. The monoisotopic (exact) mass is 222 g/mol. The van der Waals surface area contributed by atoms with Crippen LogP contribution in [0.5, 0.6) is 0 Å². The minimum atomic E-state index is -0.322. The van der Waals surface area contributed by atoms with E-state index in [9.17, 15) is 4.79 Å². The Hall–Kier alpha value is -1.71. The first-order valence-electron chi connectivity index (χ1n) is 5.25. The molecule has 4 heteroatoms.